The van der Waals surface area contributed by atoms with Gasteiger partial charge < -0.3 is 10.6 Å². The van der Waals surface area contributed by atoms with Crippen molar-refractivity contribution in [3.05, 3.63) is 58.1 Å². The van der Waals surface area contributed by atoms with Crippen LogP contribution in [0.1, 0.15) is 48.8 Å². The van der Waals surface area contributed by atoms with Crippen LogP contribution in [0, 0.1) is 13.8 Å². The van der Waals surface area contributed by atoms with Crippen molar-refractivity contribution in [1.82, 2.24) is 0 Å². The van der Waals surface area contributed by atoms with Crippen LogP contribution in [0.3, 0.4) is 0 Å². The average molecular weight is 368 g/mol. The molecule has 1 spiro atoms. The summed E-state index contributed by atoms with van der Waals surface area (Å²) in [5.41, 5.74) is 6.04. The van der Waals surface area contributed by atoms with Gasteiger partial charge in [0.2, 0.25) is 0 Å². The van der Waals surface area contributed by atoms with Gasteiger partial charge in [-0.05, 0) is 67.6 Å². The number of nitrogens with zero attached hydrogens (tertiary/aromatic N) is 1. The molecule has 0 unspecified atom stereocenters. The Bertz CT molecular complexity index is 850. The first-order valence-electron chi connectivity index (χ1n) is 9.52. The summed E-state index contributed by atoms with van der Waals surface area (Å²) in [5.74, 6) is 1.08. The van der Waals surface area contributed by atoms with E-state index in [1.54, 1.807) is 0 Å². The SMILES string of the molecule is Cc1cc2c(cc1C)NC1(CCCCC1)C(=NCc1cccc(Cl)c1)N2. The topological polar surface area (TPSA) is 36.4 Å². The number of hydrogen-bond acceptors (Lipinski definition) is 2. The predicted molar refractivity (Wildman–Crippen MR) is 112 cm³/mol. The van der Waals surface area contributed by atoms with Crippen LogP contribution < -0.4 is 10.6 Å². The third-order valence-corrected chi connectivity index (χ3v) is 5.97. The number of fused-ring (bicyclic) bond motifs is 1. The number of halogens is 1. The Morgan fingerprint density at radius 3 is 2.46 bits per heavy atom. The van der Waals surface area contributed by atoms with E-state index in [0.717, 1.165) is 35.0 Å². The van der Waals surface area contributed by atoms with Crippen LogP contribution in [0.4, 0.5) is 11.4 Å². The zero-order valence-electron chi connectivity index (χ0n) is 15.5. The smallest absolute Gasteiger partial charge is 0.127 e. The fourth-order valence-electron chi connectivity index (χ4n) is 4.10. The lowest BCUT2D eigenvalue weighted by Gasteiger charge is -2.44. The summed E-state index contributed by atoms with van der Waals surface area (Å²) in [6.45, 7) is 4.98. The van der Waals surface area contributed by atoms with Crippen molar-refractivity contribution < 1.29 is 0 Å². The Labute approximate surface area is 160 Å². The van der Waals surface area contributed by atoms with Crippen LogP contribution in [0.15, 0.2) is 41.4 Å². The van der Waals surface area contributed by atoms with Gasteiger partial charge in [0.05, 0.1) is 23.5 Å². The van der Waals surface area contributed by atoms with E-state index in [1.807, 2.05) is 18.2 Å². The molecule has 0 saturated heterocycles. The van der Waals surface area contributed by atoms with Crippen molar-refractivity contribution in [3.8, 4) is 0 Å². The third-order valence-electron chi connectivity index (χ3n) is 5.73. The second-order valence-corrected chi connectivity index (χ2v) is 8.11. The van der Waals surface area contributed by atoms with E-state index in [0.29, 0.717) is 6.54 Å². The summed E-state index contributed by atoms with van der Waals surface area (Å²) in [4.78, 5) is 5.01. The van der Waals surface area contributed by atoms with E-state index < -0.39 is 0 Å². The zero-order chi connectivity index (χ0) is 18.1. The lowest BCUT2D eigenvalue weighted by atomic mass is 9.79. The molecule has 1 aliphatic carbocycles. The summed E-state index contributed by atoms with van der Waals surface area (Å²) < 4.78 is 0. The van der Waals surface area contributed by atoms with Gasteiger partial charge in [-0.2, -0.15) is 0 Å². The number of rotatable bonds is 2. The molecule has 0 atom stereocenters. The number of aryl methyl sites for hydroxylation is 2. The first kappa shape index (κ1) is 17.4. The summed E-state index contributed by atoms with van der Waals surface area (Å²) in [6.07, 6.45) is 6.04. The minimum Gasteiger partial charge on any atom is -0.371 e. The second-order valence-electron chi connectivity index (χ2n) is 7.67. The number of hydrogen-bond donors (Lipinski definition) is 2. The highest BCUT2D eigenvalue weighted by Crippen LogP contribution is 2.40. The molecule has 1 heterocycles. The van der Waals surface area contributed by atoms with Crippen LogP contribution in [-0.2, 0) is 6.54 Å². The fraction of sp³-hybridized carbons (Fsp3) is 0.409. The Morgan fingerprint density at radius 1 is 1.00 bits per heavy atom. The minimum absolute atomic E-state index is 0.0640. The summed E-state index contributed by atoms with van der Waals surface area (Å²) in [7, 11) is 0. The standard InChI is InChI=1S/C22H26ClN3/c1-15-11-19-20(12-16(15)2)26-22(9-4-3-5-10-22)21(25-19)24-14-17-7-6-8-18(23)13-17/h6-8,11-13,26H,3-5,9-10,14H2,1-2H3,(H,24,25). The van der Waals surface area contributed by atoms with Crippen LogP contribution in [-0.4, -0.2) is 11.4 Å². The molecule has 2 N–H and O–H groups in total. The Kier molecular flexibility index (Phi) is 4.66. The van der Waals surface area contributed by atoms with E-state index in [9.17, 15) is 0 Å². The molecule has 1 saturated carbocycles. The fourth-order valence-corrected chi connectivity index (χ4v) is 4.31. The molecule has 0 radical (unpaired) electrons. The third kappa shape index (κ3) is 3.33. The maximum absolute atomic E-state index is 6.13. The van der Waals surface area contributed by atoms with Gasteiger partial charge in [0.1, 0.15) is 5.84 Å². The van der Waals surface area contributed by atoms with E-state index in [-0.39, 0.29) is 5.54 Å². The molecule has 4 rings (SSSR count). The Hall–Kier alpha value is -2.00. The van der Waals surface area contributed by atoms with Gasteiger partial charge in [0.25, 0.3) is 0 Å². The summed E-state index contributed by atoms with van der Waals surface area (Å²) >= 11 is 6.13. The second kappa shape index (κ2) is 6.96. The number of nitrogens with one attached hydrogen (secondary N) is 2. The van der Waals surface area contributed by atoms with Crippen molar-refractivity contribution >= 4 is 28.8 Å². The van der Waals surface area contributed by atoms with Crippen molar-refractivity contribution in [2.24, 2.45) is 4.99 Å². The molecule has 1 aliphatic heterocycles. The minimum atomic E-state index is -0.0640. The molecule has 1 fully saturated rings. The summed E-state index contributed by atoms with van der Waals surface area (Å²) in [6, 6.07) is 12.5. The molecule has 136 valence electrons. The van der Waals surface area contributed by atoms with Gasteiger partial charge in [-0.1, -0.05) is 43.0 Å². The van der Waals surface area contributed by atoms with Crippen LogP contribution >= 0.6 is 11.6 Å². The highest BCUT2D eigenvalue weighted by molar-refractivity contribution is 6.30. The first-order chi connectivity index (χ1) is 12.6. The normalized spacial score (nSPS) is 19.7. The molecule has 4 heteroatoms. The lowest BCUT2D eigenvalue weighted by molar-refractivity contribution is 0.403. The van der Waals surface area contributed by atoms with Crippen LogP contribution in [0.25, 0.3) is 0 Å². The summed E-state index contributed by atoms with van der Waals surface area (Å²) in [5, 5.41) is 8.29. The number of anilines is 2. The zero-order valence-corrected chi connectivity index (χ0v) is 16.3. The molecule has 0 aromatic heterocycles. The molecule has 2 aliphatic rings. The molecule has 2 aromatic rings. The van der Waals surface area contributed by atoms with Gasteiger partial charge in [-0.25, -0.2) is 0 Å². The molecular formula is C22H26ClN3. The van der Waals surface area contributed by atoms with Crippen LogP contribution in [0.5, 0.6) is 0 Å². The van der Waals surface area contributed by atoms with Gasteiger partial charge in [0, 0.05) is 5.02 Å². The Balaban J connectivity index is 1.70. The number of amidine groups is 1. The van der Waals surface area contributed by atoms with Gasteiger partial charge in [-0.3, -0.25) is 4.99 Å². The largest absolute Gasteiger partial charge is 0.371 e. The number of benzene rings is 2. The van der Waals surface area contributed by atoms with E-state index >= 15 is 0 Å². The molecule has 3 nitrogen and oxygen atoms in total. The highest BCUT2D eigenvalue weighted by atomic mass is 35.5. The molecular weight excluding hydrogens is 342 g/mol. The average Bonchev–Trinajstić information content (AvgIpc) is 2.62. The van der Waals surface area contributed by atoms with E-state index in [2.05, 4.69) is 42.7 Å². The highest BCUT2D eigenvalue weighted by Gasteiger charge is 2.40. The Morgan fingerprint density at radius 2 is 1.73 bits per heavy atom. The monoisotopic (exact) mass is 367 g/mol. The maximum Gasteiger partial charge on any atom is 0.127 e. The maximum atomic E-state index is 6.13. The predicted octanol–water partition coefficient (Wildman–Crippen LogP) is 6.10. The molecule has 2 aromatic carbocycles. The molecule has 0 bridgehead atoms. The molecule has 26 heavy (non-hydrogen) atoms. The van der Waals surface area contributed by atoms with Gasteiger partial charge in [-0.15, -0.1) is 0 Å². The van der Waals surface area contributed by atoms with Crippen molar-refractivity contribution in [1.29, 1.82) is 0 Å². The van der Waals surface area contributed by atoms with Crippen molar-refractivity contribution in [3.63, 3.8) is 0 Å². The van der Waals surface area contributed by atoms with E-state index in [4.69, 9.17) is 16.6 Å². The quantitative estimate of drug-likeness (QED) is 0.673. The van der Waals surface area contributed by atoms with Crippen molar-refractivity contribution in [2.45, 2.75) is 58.0 Å². The number of aliphatic imine (C=N–C) groups is 1. The first-order valence-corrected chi connectivity index (χ1v) is 9.89. The van der Waals surface area contributed by atoms with Crippen LogP contribution in [0.2, 0.25) is 5.02 Å². The lowest BCUT2D eigenvalue weighted by Crippen LogP contribution is -2.53. The van der Waals surface area contributed by atoms with Crippen molar-refractivity contribution in [2.75, 3.05) is 10.6 Å². The van der Waals surface area contributed by atoms with Gasteiger partial charge in [0.15, 0.2) is 0 Å². The van der Waals surface area contributed by atoms with Gasteiger partial charge >= 0.3 is 0 Å². The van der Waals surface area contributed by atoms with E-state index in [1.165, 1.54) is 36.1 Å². The molecule has 0 amide bonds.